The number of aromatic nitrogens is 2. The predicted octanol–water partition coefficient (Wildman–Crippen LogP) is 2.96. The Labute approximate surface area is 165 Å². The molecule has 1 heterocycles. The molecule has 0 radical (unpaired) electrons. The molecule has 140 valence electrons. The van der Waals surface area contributed by atoms with Gasteiger partial charge in [-0.1, -0.05) is 24.8 Å². The van der Waals surface area contributed by atoms with Crippen LogP contribution in [0.25, 0.3) is 18.3 Å². The fourth-order valence-electron chi connectivity index (χ4n) is 2.79. The van der Waals surface area contributed by atoms with Crippen molar-refractivity contribution in [1.29, 1.82) is 0 Å². The highest BCUT2D eigenvalue weighted by Crippen LogP contribution is 2.37. The van der Waals surface area contributed by atoms with E-state index in [2.05, 4.69) is 27.6 Å². The van der Waals surface area contributed by atoms with Crippen LogP contribution in [-0.4, -0.2) is 23.0 Å². The minimum atomic E-state index is -0.158. The number of rotatable bonds is 6. The number of benzene rings is 2. The Morgan fingerprint density at radius 2 is 1.85 bits per heavy atom. The summed E-state index contributed by atoms with van der Waals surface area (Å²) < 4.78 is 13.6. The first-order chi connectivity index (χ1) is 13.0. The molecule has 0 bridgehead atoms. The molecule has 0 unspecified atom stereocenters. The Bertz CT molecular complexity index is 1100. The lowest BCUT2D eigenvalue weighted by Crippen LogP contribution is -2.33. The number of hydrogen-bond acceptors (Lipinski definition) is 3. The van der Waals surface area contributed by atoms with Crippen LogP contribution in [0.15, 0.2) is 51.7 Å². The molecule has 0 aliphatic rings. The van der Waals surface area contributed by atoms with Gasteiger partial charge in [-0.2, -0.15) is 0 Å². The van der Waals surface area contributed by atoms with Crippen LogP contribution in [0.2, 0.25) is 0 Å². The first-order valence-corrected chi connectivity index (χ1v) is 9.50. The molecule has 0 aliphatic heterocycles. The first-order valence-electron chi connectivity index (χ1n) is 8.71. The SMILES string of the molecule is C=c1[nH]n(-c2ccccc2)c(=O)/c1=C\c1cc(Br)c(OCC)c(OCC)c1. The molecule has 0 spiro atoms. The lowest BCUT2D eigenvalue weighted by atomic mass is 10.1. The van der Waals surface area contributed by atoms with Crippen molar-refractivity contribution in [1.82, 2.24) is 9.78 Å². The van der Waals surface area contributed by atoms with Crippen LogP contribution < -0.4 is 25.6 Å². The lowest BCUT2D eigenvalue weighted by molar-refractivity contribution is 0.286. The molecular weight excluding hydrogens is 408 g/mol. The smallest absolute Gasteiger partial charge is 0.279 e. The van der Waals surface area contributed by atoms with Crippen molar-refractivity contribution in [3.8, 4) is 17.2 Å². The van der Waals surface area contributed by atoms with Crippen LogP contribution in [0.4, 0.5) is 0 Å². The van der Waals surface area contributed by atoms with Crippen molar-refractivity contribution < 1.29 is 9.47 Å². The molecule has 27 heavy (non-hydrogen) atoms. The van der Waals surface area contributed by atoms with Crippen molar-refractivity contribution in [3.05, 3.63) is 73.4 Å². The van der Waals surface area contributed by atoms with Gasteiger partial charge in [-0.3, -0.25) is 9.89 Å². The molecule has 0 saturated carbocycles. The van der Waals surface area contributed by atoms with Gasteiger partial charge >= 0.3 is 0 Å². The van der Waals surface area contributed by atoms with E-state index in [9.17, 15) is 4.79 Å². The Morgan fingerprint density at radius 1 is 1.15 bits per heavy atom. The third kappa shape index (κ3) is 4.01. The number of para-hydroxylation sites is 1. The molecule has 6 heteroatoms. The van der Waals surface area contributed by atoms with Crippen molar-refractivity contribution in [3.63, 3.8) is 0 Å². The first kappa shape index (κ1) is 19.0. The maximum Gasteiger partial charge on any atom is 0.279 e. The number of ether oxygens (including phenoxy) is 2. The summed E-state index contributed by atoms with van der Waals surface area (Å²) >= 11 is 3.53. The lowest BCUT2D eigenvalue weighted by Gasteiger charge is -2.13. The Balaban J connectivity index is 2.14. The second-order valence-electron chi connectivity index (χ2n) is 5.82. The standard InChI is InChI=1S/C21H21BrN2O3/c1-4-26-19-13-15(12-18(22)20(19)27-5-2)11-17-14(3)23-24(21(17)25)16-9-7-6-8-10-16/h6-13,23H,3-5H2,1-2H3/b17-11-. The monoisotopic (exact) mass is 428 g/mol. The highest BCUT2D eigenvalue weighted by molar-refractivity contribution is 9.10. The zero-order chi connectivity index (χ0) is 19.4. The number of nitrogens with zero attached hydrogens (tertiary/aromatic N) is 1. The summed E-state index contributed by atoms with van der Waals surface area (Å²) in [6, 6.07) is 13.1. The van der Waals surface area contributed by atoms with Crippen LogP contribution in [0, 0.1) is 0 Å². The fourth-order valence-corrected chi connectivity index (χ4v) is 3.36. The highest BCUT2D eigenvalue weighted by Gasteiger charge is 2.12. The summed E-state index contributed by atoms with van der Waals surface area (Å²) in [5.74, 6) is 1.28. The van der Waals surface area contributed by atoms with Gasteiger partial charge in [-0.25, -0.2) is 4.68 Å². The van der Waals surface area contributed by atoms with E-state index in [-0.39, 0.29) is 5.56 Å². The second kappa shape index (κ2) is 8.31. The van der Waals surface area contributed by atoms with Crippen LogP contribution >= 0.6 is 15.9 Å². The van der Waals surface area contributed by atoms with Gasteiger partial charge in [0.15, 0.2) is 11.5 Å². The average Bonchev–Trinajstić information content (AvgIpc) is 2.94. The molecule has 2 aromatic carbocycles. The molecular formula is C21H21BrN2O3. The number of H-pyrrole nitrogens is 1. The van der Waals surface area contributed by atoms with Crippen LogP contribution in [-0.2, 0) is 0 Å². The molecule has 0 aliphatic carbocycles. The molecule has 0 fully saturated rings. The number of nitrogens with one attached hydrogen (secondary N) is 1. The zero-order valence-electron chi connectivity index (χ0n) is 15.3. The van der Waals surface area contributed by atoms with Crippen LogP contribution in [0.5, 0.6) is 11.5 Å². The van der Waals surface area contributed by atoms with Gasteiger partial charge in [0.05, 0.1) is 33.9 Å². The van der Waals surface area contributed by atoms with Gasteiger partial charge in [-0.15, -0.1) is 0 Å². The molecule has 1 aromatic heterocycles. The van der Waals surface area contributed by atoms with E-state index in [1.54, 1.807) is 6.08 Å². The normalized spacial score (nSPS) is 11.6. The van der Waals surface area contributed by atoms with Crippen LogP contribution in [0.1, 0.15) is 19.4 Å². The quantitative estimate of drug-likeness (QED) is 0.656. The van der Waals surface area contributed by atoms with E-state index >= 15 is 0 Å². The van der Waals surface area contributed by atoms with E-state index in [0.717, 1.165) is 15.7 Å². The molecule has 3 aromatic rings. The maximum atomic E-state index is 12.9. The molecule has 0 amide bonds. The minimum Gasteiger partial charge on any atom is -0.490 e. The Morgan fingerprint density at radius 3 is 2.52 bits per heavy atom. The minimum absolute atomic E-state index is 0.158. The van der Waals surface area contributed by atoms with E-state index in [1.807, 2.05) is 56.3 Å². The summed E-state index contributed by atoms with van der Waals surface area (Å²) in [6.07, 6.45) is 1.80. The van der Waals surface area contributed by atoms with Crippen molar-refractivity contribution >= 4 is 28.6 Å². The predicted molar refractivity (Wildman–Crippen MR) is 111 cm³/mol. The third-order valence-corrected chi connectivity index (χ3v) is 4.54. The van der Waals surface area contributed by atoms with Gasteiger partial charge < -0.3 is 9.47 Å². The zero-order valence-corrected chi connectivity index (χ0v) is 16.9. The Hall–Kier alpha value is -2.73. The number of halogens is 1. The van der Waals surface area contributed by atoms with E-state index in [1.165, 1.54) is 4.68 Å². The van der Waals surface area contributed by atoms with Gasteiger partial charge in [0, 0.05) is 0 Å². The Kier molecular flexibility index (Phi) is 5.86. The largest absolute Gasteiger partial charge is 0.490 e. The highest BCUT2D eigenvalue weighted by atomic mass is 79.9. The number of aromatic amines is 1. The summed E-state index contributed by atoms with van der Waals surface area (Å²) in [7, 11) is 0. The maximum absolute atomic E-state index is 12.9. The van der Waals surface area contributed by atoms with E-state index in [4.69, 9.17) is 9.47 Å². The van der Waals surface area contributed by atoms with Gasteiger partial charge in [0.25, 0.3) is 5.56 Å². The summed E-state index contributed by atoms with van der Waals surface area (Å²) in [5, 5.41) is 4.08. The fraction of sp³-hybridized carbons (Fsp3) is 0.190. The average molecular weight is 429 g/mol. The van der Waals surface area contributed by atoms with Crippen molar-refractivity contribution in [2.75, 3.05) is 13.2 Å². The topological polar surface area (TPSA) is 56.2 Å². The molecule has 5 nitrogen and oxygen atoms in total. The summed E-state index contributed by atoms with van der Waals surface area (Å²) in [4.78, 5) is 12.9. The van der Waals surface area contributed by atoms with Gasteiger partial charge in [0.2, 0.25) is 0 Å². The molecule has 1 N–H and O–H groups in total. The van der Waals surface area contributed by atoms with E-state index in [0.29, 0.717) is 35.3 Å². The van der Waals surface area contributed by atoms with E-state index < -0.39 is 0 Å². The number of hydrogen-bond donors (Lipinski definition) is 1. The molecule has 0 saturated heterocycles. The van der Waals surface area contributed by atoms with Gasteiger partial charge in [0.1, 0.15) is 0 Å². The van der Waals surface area contributed by atoms with Crippen molar-refractivity contribution in [2.45, 2.75) is 13.8 Å². The van der Waals surface area contributed by atoms with Crippen molar-refractivity contribution in [2.24, 2.45) is 0 Å². The molecule has 0 atom stereocenters. The second-order valence-corrected chi connectivity index (χ2v) is 6.67. The summed E-state index contributed by atoms with van der Waals surface area (Å²) in [5.41, 5.74) is 1.42. The van der Waals surface area contributed by atoms with Crippen LogP contribution in [0.3, 0.4) is 0 Å². The van der Waals surface area contributed by atoms with Gasteiger partial charge in [-0.05, 0) is 65.7 Å². The molecule has 3 rings (SSSR count). The summed E-state index contributed by atoms with van der Waals surface area (Å²) in [6.45, 7) is 8.86. The third-order valence-electron chi connectivity index (χ3n) is 3.95.